The van der Waals surface area contributed by atoms with E-state index in [4.69, 9.17) is 21.5 Å². The molecule has 0 saturated carbocycles. The van der Waals surface area contributed by atoms with Gasteiger partial charge in [-0.15, -0.1) is 11.3 Å². The fourth-order valence-electron chi connectivity index (χ4n) is 2.45. The number of nitrogens with one attached hydrogen (secondary N) is 1. The van der Waals surface area contributed by atoms with Crippen molar-refractivity contribution in [1.82, 2.24) is 9.88 Å². The van der Waals surface area contributed by atoms with Crippen LogP contribution in [-0.2, 0) is 16.6 Å². The molecule has 3 aromatic rings. The van der Waals surface area contributed by atoms with Crippen LogP contribution in [0.15, 0.2) is 53.0 Å². The summed E-state index contributed by atoms with van der Waals surface area (Å²) in [5.74, 6) is -0.0182. The maximum absolute atomic E-state index is 12.6. The predicted molar refractivity (Wildman–Crippen MR) is 104 cm³/mol. The van der Waals surface area contributed by atoms with Crippen LogP contribution in [0.3, 0.4) is 0 Å². The van der Waals surface area contributed by atoms with E-state index < -0.39 is 15.9 Å². The zero-order valence-corrected chi connectivity index (χ0v) is 16.6. The maximum Gasteiger partial charge on any atom is 0.255 e. The van der Waals surface area contributed by atoms with E-state index in [0.29, 0.717) is 21.3 Å². The Labute approximate surface area is 165 Å². The number of amides is 1. The molecule has 2 heterocycles. The summed E-state index contributed by atoms with van der Waals surface area (Å²) in [6.45, 7) is 0.152. The molecule has 0 unspecified atom stereocenters. The minimum Gasteiger partial charge on any atom is -0.496 e. The van der Waals surface area contributed by atoms with E-state index in [9.17, 15) is 13.2 Å². The van der Waals surface area contributed by atoms with Crippen LogP contribution < -0.4 is 15.2 Å². The first-order chi connectivity index (χ1) is 12.8. The zero-order chi connectivity index (χ0) is 19.6. The zero-order valence-electron chi connectivity index (χ0n) is 14.2. The van der Waals surface area contributed by atoms with Crippen molar-refractivity contribution in [2.24, 2.45) is 5.14 Å². The number of methoxy groups -OCH3 is 1. The van der Waals surface area contributed by atoms with E-state index in [2.05, 4.69) is 5.32 Å². The average molecular weight is 426 g/mol. The maximum atomic E-state index is 12.6. The van der Waals surface area contributed by atoms with Gasteiger partial charge in [-0.1, -0.05) is 11.6 Å². The van der Waals surface area contributed by atoms with Crippen molar-refractivity contribution in [3.05, 3.63) is 64.3 Å². The van der Waals surface area contributed by atoms with Gasteiger partial charge in [0, 0.05) is 23.3 Å². The SMILES string of the molecule is COc1cc(-n2cccc2)c(Cl)cc1C(=O)NCc1ccc(S(N)(=O)=O)s1. The van der Waals surface area contributed by atoms with Crippen LogP contribution >= 0.6 is 22.9 Å². The number of benzene rings is 1. The molecule has 142 valence electrons. The lowest BCUT2D eigenvalue weighted by atomic mass is 10.1. The number of carbonyl (C=O) groups is 1. The third-order valence-corrected chi connectivity index (χ3v) is 6.56. The topological polar surface area (TPSA) is 103 Å². The van der Waals surface area contributed by atoms with Gasteiger partial charge < -0.3 is 14.6 Å². The Hall–Kier alpha value is -2.33. The number of sulfonamides is 1. The van der Waals surface area contributed by atoms with Crippen molar-refractivity contribution in [1.29, 1.82) is 0 Å². The Morgan fingerprint density at radius 3 is 2.59 bits per heavy atom. The Morgan fingerprint density at radius 1 is 1.30 bits per heavy atom. The number of hydrogen-bond acceptors (Lipinski definition) is 5. The highest BCUT2D eigenvalue weighted by Crippen LogP contribution is 2.30. The lowest BCUT2D eigenvalue weighted by molar-refractivity contribution is 0.0948. The van der Waals surface area contributed by atoms with Crippen LogP contribution in [0, 0.1) is 0 Å². The van der Waals surface area contributed by atoms with Crippen molar-refractivity contribution >= 4 is 38.9 Å². The van der Waals surface area contributed by atoms with E-state index in [1.54, 1.807) is 12.1 Å². The predicted octanol–water partition coefficient (Wildman–Crippen LogP) is 2.78. The van der Waals surface area contributed by atoms with E-state index in [0.717, 1.165) is 11.3 Å². The number of aromatic nitrogens is 1. The quantitative estimate of drug-likeness (QED) is 0.633. The molecule has 0 fully saturated rings. The number of rotatable bonds is 6. The first-order valence-electron chi connectivity index (χ1n) is 7.70. The van der Waals surface area contributed by atoms with Crippen LogP contribution in [0.2, 0.25) is 5.02 Å². The van der Waals surface area contributed by atoms with Crippen LogP contribution in [0.25, 0.3) is 5.69 Å². The largest absolute Gasteiger partial charge is 0.496 e. The molecule has 2 aromatic heterocycles. The van der Waals surface area contributed by atoms with E-state index >= 15 is 0 Å². The number of thiophene rings is 1. The molecule has 1 amide bonds. The highest BCUT2D eigenvalue weighted by molar-refractivity contribution is 7.91. The van der Waals surface area contributed by atoms with Gasteiger partial charge in [-0.25, -0.2) is 13.6 Å². The van der Waals surface area contributed by atoms with Gasteiger partial charge in [0.25, 0.3) is 5.91 Å². The molecular weight excluding hydrogens is 410 g/mol. The molecule has 0 bridgehead atoms. The molecule has 1 aromatic carbocycles. The Morgan fingerprint density at radius 2 is 2.00 bits per heavy atom. The van der Waals surface area contributed by atoms with Gasteiger partial charge in [-0.2, -0.15) is 0 Å². The molecular formula is C17H16ClN3O4S2. The molecule has 3 N–H and O–H groups in total. The van der Waals surface area contributed by atoms with Gasteiger partial charge in [0.1, 0.15) is 9.96 Å². The normalized spacial score (nSPS) is 11.4. The fourth-order valence-corrected chi connectivity index (χ4v) is 4.43. The molecule has 0 aliphatic rings. The number of carbonyl (C=O) groups excluding carboxylic acids is 1. The molecule has 10 heteroatoms. The van der Waals surface area contributed by atoms with Crippen LogP contribution in [-0.4, -0.2) is 26.0 Å². The summed E-state index contributed by atoms with van der Waals surface area (Å²) in [5, 5.41) is 8.21. The number of nitrogens with zero attached hydrogens (tertiary/aromatic N) is 1. The van der Waals surface area contributed by atoms with Gasteiger partial charge in [-0.05, 0) is 30.3 Å². The van der Waals surface area contributed by atoms with Crippen molar-refractivity contribution in [2.45, 2.75) is 10.8 Å². The lowest BCUT2D eigenvalue weighted by Crippen LogP contribution is -2.23. The third kappa shape index (κ3) is 4.33. The van der Waals surface area contributed by atoms with Gasteiger partial charge in [0.2, 0.25) is 10.0 Å². The summed E-state index contributed by atoms with van der Waals surface area (Å²) < 4.78 is 29.8. The molecule has 3 rings (SSSR count). The minimum atomic E-state index is -3.75. The highest BCUT2D eigenvalue weighted by atomic mass is 35.5. The second-order valence-electron chi connectivity index (χ2n) is 5.54. The number of nitrogens with two attached hydrogens (primary N) is 1. The van der Waals surface area contributed by atoms with E-state index in [1.807, 2.05) is 29.1 Å². The summed E-state index contributed by atoms with van der Waals surface area (Å²) in [6, 6.07) is 9.95. The molecule has 0 saturated heterocycles. The second kappa shape index (κ2) is 7.73. The van der Waals surface area contributed by atoms with Gasteiger partial charge in [-0.3, -0.25) is 4.79 Å². The first kappa shape index (κ1) is 19.4. The summed E-state index contributed by atoms with van der Waals surface area (Å²) in [6.07, 6.45) is 3.67. The fraction of sp³-hybridized carbons (Fsp3) is 0.118. The molecule has 0 atom stereocenters. The van der Waals surface area contributed by atoms with Crippen molar-refractivity contribution in [3.8, 4) is 11.4 Å². The van der Waals surface area contributed by atoms with E-state index in [1.165, 1.54) is 19.2 Å². The summed E-state index contributed by atoms with van der Waals surface area (Å²) in [5.41, 5.74) is 0.966. The number of halogens is 1. The molecule has 0 aliphatic heterocycles. The molecule has 7 nitrogen and oxygen atoms in total. The molecule has 27 heavy (non-hydrogen) atoms. The Bertz CT molecular complexity index is 1080. The first-order valence-corrected chi connectivity index (χ1v) is 10.4. The molecule has 0 radical (unpaired) electrons. The van der Waals surface area contributed by atoms with Crippen molar-refractivity contribution < 1.29 is 17.9 Å². The number of primary sulfonamides is 1. The monoisotopic (exact) mass is 425 g/mol. The minimum absolute atomic E-state index is 0.0449. The average Bonchev–Trinajstić information content (AvgIpc) is 3.30. The number of ether oxygens (including phenoxy) is 1. The lowest BCUT2D eigenvalue weighted by Gasteiger charge is -2.13. The standard InChI is InChI=1S/C17H16ClN3O4S2/c1-25-15-9-14(21-6-2-3-7-21)13(18)8-12(15)17(22)20-10-11-4-5-16(26-11)27(19,23)24/h2-9H,10H2,1H3,(H,20,22)(H2,19,23,24). The van der Waals surface area contributed by atoms with Crippen LogP contribution in [0.4, 0.5) is 0 Å². The van der Waals surface area contributed by atoms with Gasteiger partial charge in [0.05, 0.1) is 29.9 Å². The molecule has 0 spiro atoms. The smallest absolute Gasteiger partial charge is 0.255 e. The second-order valence-corrected chi connectivity index (χ2v) is 8.91. The molecule has 0 aliphatic carbocycles. The highest BCUT2D eigenvalue weighted by Gasteiger charge is 2.17. The van der Waals surface area contributed by atoms with Crippen LogP contribution in [0.5, 0.6) is 5.75 Å². The van der Waals surface area contributed by atoms with E-state index in [-0.39, 0.29) is 16.3 Å². The summed E-state index contributed by atoms with van der Waals surface area (Å²) in [7, 11) is -2.28. The van der Waals surface area contributed by atoms with Crippen molar-refractivity contribution in [2.75, 3.05) is 7.11 Å². The van der Waals surface area contributed by atoms with Gasteiger partial charge >= 0.3 is 0 Å². The Balaban J connectivity index is 1.80. The third-order valence-electron chi connectivity index (χ3n) is 3.74. The van der Waals surface area contributed by atoms with Gasteiger partial charge in [0.15, 0.2) is 0 Å². The summed E-state index contributed by atoms with van der Waals surface area (Å²) in [4.78, 5) is 13.2. The van der Waals surface area contributed by atoms with Crippen molar-refractivity contribution in [3.63, 3.8) is 0 Å². The summed E-state index contributed by atoms with van der Waals surface area (Å²) >= 11 is 7.33. The number of hydrogen-bond donors (Lipinski definition) is 2. The Kier molecular flexibility index (Phi) is 5.56. The van der Waals surface area contributed by atoms with Crippen LogP contribution in [0.1, 0.15) is 15.2 Å².